The van der Waals surface area contributed by atoms with E-state index in [4.69, 9.17) is 19.9 Å². The number of para-hydroxylation sites is 7. The Hall–Kier alpha value is -19.4. The number of aromatic nitrogens is 10. The lowest BCUT2D eigenvalue weighted by molar-refractivity contribution is 0.953. The molecule has 26 aromatic rings. The molecule has 0 radical (unpaired) electrons. The molecule has 13 nitrogen and oxygen atoms in total. The third kappa shape index (κ3) is 17.0. The van der Waals surface area contributed by atoms with Crippen molar-refractivity contribution in [2.45, 2.75) is 0 Å². The Morgan fingerprint density at radius 1 is 0.162 bits per heavy atom. The molecule has 26 rings (SSSR count). The van der Waals surface area contributed by atoms with Gasteiger partial charge in [0.15, 0.2) is 11.6 Å². The van der Waals surface area contributed by atoms with E-state index in [9.17, 15) is 0 Å². The Kier molecular flexibility index (Phi) is 23.1. The molecular formula is C129H89N13. The summed E-state index contributed by atoms with van der Waals surface area (Å²) in [6.45, 7) is 0. The molecule has 0 aliphatic heterocycles. The van der Waals surface area contributed by atoms with Crippen LogP contribution in [0.5, 0.6) is 0 Å². The van der Waals surface area contributed by atoms with E-state index in [0.717, 1.165) is 156 Å². The average Bonchev–Trinajstić information content (AvgIpc) is 1.59. The average molecular weight is 1820 g/mol. The van der Waals surface area contributed by atoms with Crippen LogP contribution in [0.25, 0.3) is 172 Å². The van der Waals surface area contributed by atoms with Crippen LogP contribution in [-0.4, -0.2) is 48.6 Å². The van der Waals surface area contributed by atoms with Crippen molar-refractivity contribution in [3.05, 3.63) is 541 Å². The highest BCUT2D eigenvalue weighted by atomic mass is 15.2. The summed E-state index contributed by atoms with van der Waals surface area (Å²) in [5.74, 6) is 3.39. The van der Waals surface area contributed by atoms with Gasteiger partial charge in [-0.25, -0.2) is 19.9 Å². The van der Waals surface area contributed by atoms with E-state index in [0.29, 0.717) is 23.5 Å². The molecule has 0 atom stereocenters. The van der Waals surface area contributed by atoms with Gasteiger partial charge in [0.05, 0.1) is 33.1 Å². The Balaban J connectivity index is 0.000000120. The molecular weight excluding hydrogens is 1730 g/mol. The Morgan fingerprint density at radius 2 is 0.472 bits per heavy atom. The quantitative estimate of drug-likeness (QED) is 0.0775. The molecule has 0 aliphatic rings. The summed E-state index contributed by atoms with van der Waals surface area (Å²) in [5.41, 5.74) is 29.9. The molecule has 670 valence electrons. The third-order valence-corrected chi connectivity index (χ3v) is 26.3. The zero-order chi connectivity index (χ0) is 94.4. The van der Waals surface area contributed by atoms with E-state index in [1.807, 2.05) is 85.2 Å². The van der Waals surface area contributed by atoms with Crippen LogP contribution in [0.2, 0.25) is 0 Å². The monoisotopic (exact) mass is 1820 g/mol. The first-order chi connectivity index (χ1) is 70.4. The van der Waals surface area contributed by atoms with Crippen LogP contribution in [0.1, 0.15) is 0 Å². The fraction of sp³-hybridized carbons (Fsp3) is 0. The van der Waals surface area contributed by atoms with Crippen molar-refractivity contribution in [3.8, 4) is 96.1 Å². The van der Waals surface area contributed by atoms with E-state index >= 15 is 0 Å². The van der Waals surface area contributed by atoms with Gasteiger partial charge in [0.25, 0.3) is 0 Å². The van der Waals surface area contributed by atoms with Crippen molar-refractivity contribution in [1.29, 1.82) is 0 Å². The summed E-state index contributed by atoms with van der Waals surface area (Å²) in [7, 11) is 0. The van der Waals surface area contributed by atoms with Crippen LogP contribution in [-0.2, 0) is 0 Å². The standard InChI is InChI=1S/C57H39N5.C38H26N4.C34H24N4/c1-5-16-40(17-6-1)42-28-33-48(34-29-42)61(49-35-30-43(31-36-49)41-18-7-2-8-19-41)50-25-15-24-46(38-50)47-32-37-54-52(39-47)51-26-13-14-27-53(51)62(54)57-59-55(44-20-9-3-10-21-44)58-56(60-57)45-22-11-4-12-23-45;1-3-9-31(10-4-1)41(32-11-5-2-6-12-32)33-18-15-27(16-19-33)28-17-20-35-34-13-7-8-14-36(34)42(37(35)23-28)38-24-30-25-39-22-21-29(30)26-40-38;1-3-12-27(13-4-1)37(28-14-5-2-6-15-28)29-16-9-11-25(23-29)26-19-20-33-31(24-26)30-17-7-8-18-32(30)38(33)34-35-21-10-22-36-34/h1-39H;1-26H;1-24H. The molecule has 0 N–H and O–H groups in total. The van der Waals surface area contributed by atoms with Crippen molar-refractivity contribution in [1.82, 2.24) is 48.6 Å². The number of anilines is 9. The van der Waals surface area contributed by atoms with E-state index in [1.54, 1.807) is 18.6 Å². The number of hydrogen-bond acceptors (Lipinski definition) is 10. The van der Waals surface area contributed by atoms with Crippen molar-refractivity contribution >= 4 is 127 Å². The highest BCUT2D eigenvalue weighted by Crippen LogP contribution is 2.46. The van der Waals surface area contributed by atoms with E-state index in [1.165, 1.54) is 43.8 Å². The minimum absolute atomic E-state index is 0.575. The minimum Gasteiger partial charge on any atom is -0.311 e. The maximum Gasteiger partial charge on any atom is 0.238 e. The smallest absolute Gasteiger partial charge is 0.238 e. The van der Waals surface area contributed by atoms with Crippen LogP contribution < -0.4 is 14.7 Å². The second-order valence-corrected chi connectivity index (χ2v) is 34.9. The molecule has 19 aromatic carbocycles. The maximum atomic E-state index is 5.12. The van der Waals surface area contributed by atoms with E-state index in [2.05, 4.69) is 480 Å². The molecule has 0 saturated carbocycles. The summed E-state index contributed by atoms with van der Waals surface area (Å²) in [6, 6.07) is 179. The van der Waals surface area contributed by atoms with E-state index < -0.39 is 0 Å². The first-order valence-electron chi connectivity index (χ1n) is 47.6. The second-order valence-electron chi connectivity index (χ2n) is 34.9. The molecule has 0 amide bonds. The largest absolute Gasteiger partial charge is 0.311 e. The van der Waals surface area contributed by atoms with Gasteiger partial charge >= 0.3 is 0 Å². The minimum atomic E-state index is 0.575. The summed E-state index contributed by atoms with van der Waals surface area (Å²) < 4.78 is 6.57. The zero-order valence-electron chi connectivity index (χ0n) is 77.2. The fourth-order valence-electron chi connectivity index (χ4n) is 19.5. The highest BCUT2D eigenvalue weighted by Gasteiger charge is 2.24. The Bertz CT molecular complexity index is 8770. The summed E-state index contributed by atoms with van der Waals surface area (Å²) in [5, 5.41) is 9.18. The summed E-state index contributed by atoms with van der Waals surface area (Å²) >= 11 is 0. The van der Waals surface area contributed by atoms with Crippen LogP contribution in [0, 0.1) is 0 Å². The number of hydrogen-bond donors (Lipinski definition) is 0. The van der Waals surface area contributed by atoms with Gasteiger partial charge in [-0.15, -0.1) is 0 Å². The van der Waals surface area contributed by atoms with Gasteiger partial charge in [-0.2, -0.15) is 9.97 Å². The molecule has 7 aromatic heterocycles. The molecule has 0 bridgehead atoms. The van der Waals surface area contributed by atoms with Gasteiger partial charge in [0.1, 0.15) is 5.82 Å². The lowest BCUT2D eigenvalue weighted by atomic mass is 10.0. The van der Waals surface area contributed by atoms with Crippen molar-refractivity contribution < 1.29 is 0 Å². The lowest BCUT2D eigenvalue weighted by Gasteiger charge is -2.26. The van der Waals surface area contributed by atoms with Crippen LogP contribution in [0.15, 0.2) is 541 Å². The molecule has 0 spiro atoms. The molecule has 0 aliphatic carbocycles. The van der Waals surface area contributed by atoms with Crippen LogP contribution >= 0.6 is 0 Å². The summed E-state index contributed by atoms with van der Waals surface area (Å²) in [6.07, 6.45) is 9.21. The fourth-order valence-corrected chi connectivity index (χ4v) is 19.5. The predicted octanol–water partition coefficient (Wildman–Crippen LogP) is 33.3. The number of nitrogens with zero attached hydrogens (tertiary/aromatic N) is 13. The van der Waals surface area contributed by atoms with E-state index in [-0.39, 0.29) is 0 Å². The van der Waals surface area contributed by atoms with Crippen molar-refractivity contribution in [2.24, 2.45) is 0 Å². The predicted molar refractivity (Wildman–Crippen MR) is 587 cm³/mol. The van der Waals surface area contributed by atoms with Crippen LogP contribution in [0.4, 0.5) is 51.2 Å². The van der Waals surface area contributed by atoms with Gasteiger partial charge in [-0.3, -0.25) is 18.7 Å². The topological polar surface area (TPSA) is 115 Å². The summed E-state index contributed by atoms with van der Waals surface area (Å²) in [4.78, 5) is 40.4. The van der Waals surface area contributed by atoms with Crippen molar-refractivity contribution in [2.75, 3.05) is 14.7 Å². The van der Waals surface area contributed by atoms with Gasteiger partial charge in [0, 0.05) is 136 Å². The van der Waals surface area contributed by atoms with Gasteiger partial charge in [0.2, 0.25) is 11.9 Å². The zero-order valence-corrected chi connectivity index (χ0v) is 77.2. The Morgan fingerprint density at radius 3 is 0.915 bits per heavy atom. The molecule has 7 heterocycles. The molecule has 142 heavy (non-hydrogen) atoms. The molecule has 0 saturated heterocycles. The van der Waals surface area contributed by atoms with Gasteiger partial charge < -0.3 is 14.7 Å². The lowest BCUT2D eigenvalue weighted by Crippen LogP contribution is -2.10. The molecule has 13 heteroatoms. The van der Waals surface area contributed by atoms with Crippen molar-refractivity contribution in [3.63, 3.8) is 0 Å². The number of fused-ring (bicyclic) bond motifs is 10. The molecule has 0 unspecified atom stereocenters. The Labute approximate surface area is 821 Å². The second kappa shape index (κ2) is 38.4. The van der Waals surface area contributed by atoms with Gasteiger partial charge in [-0.05, 0) is 232 Å². The van der Waals surface area contributed by atoms with Gasteiger partial charge in [-0.1, -0.05) is 334 Å². The first kappa shape index (κ1) is 85.5. The third-order valence-electron chi connectivity index (χ3n) is 26.3. The SMILES string of the molecule is c1ccc(-c2ccc(N(c3ccc(-c4ccccc4)cc3)c3cccc(-c4ccc5c(c4)c4ccccc4n5-c4nc(-c5ccccc5)nc(-c5ccccc5)n4)c3)cc2)cc1.c1ccc(N(c2ccccc2)c2ccc(-c3ccc4c5ccccc5n(-c5cc6cnccc6cn5)c4c3)cc2)cc1.c1ccc(N(c2ccccc2)c2cccc(-c3ccc4c(c3)c3ccccc3n4-c3ncccn3)c2)cc1. The first-order valence-corrected chi connectivity index (χ1v) is 47.6. The van der Waals surface area contributed by atoms with Crippen LogP contribution in [0.3, 0.4) is 0 Å². The number of benzene rings is 19. The highest BCUT2D eigenvalue weighted by molar-refractivity contribution is 6.13. The maximum absolute atomic E-state index is 5.12. The normalized spacial score (nSPS) is 11.2. The molecule has 0 fully saturated rings. The number of pyridine rings is 2. The number of rotatable bonds is 19.